The summed E-state index contributed by atoms with van der Waals surface area (Å²) in [6.07, 6.45) is 8.37. The second kappa shape index (κ2) is 6.05. The molecule has 2 aromatic heterocycles. The van der Waals surface area contributed by atoms with Crippen molar-refractivity contribution in [2.75, 3.05) is 13.2 Å². The van der Waals surface area contributed by atoms with Gasteiger partial charge in [-0.3, -0.25) is 9.48 Å². The van der Waals surface area contributed by atoms with E-state index in [-0.39, 0.29) is 18.1 Å². The molecule has 1 amide bonds. The molecule has 3 heterocycles. The van der Waals surface area contributed by atoms with Crippen molar-refractivity contribution >= 4 is 17.2 Å². The highest BCUT2D eigenvalue weighted by Gasteiger charge is 2.37. The van der Waals surface area contributed by atoms with Gasteiger partial charge in [-0.25, -0.2) is 4.98 Å². The van der Waals surface area contributed by atoms with Gasteiger partial charge in [0.05, 0.1) is 24.9 Å². The fourth-order valence-corrected chi connectivity index (χ4v) is 4.30. The molecule has 6 nitrogen and oxygen atoms in total. The zero-order chi connectivity index (χ0) is 15.8. The number of hydrogen-bond acceptors (Lipinski definition) is 5. The summed E-state index contributed by atoms with van der Waals surface area (Å²) in [6.45, 7) is 1.30. The van der Waals surface area contributed by atoms with E-state index < -0.39 is 0 Å². The minimum Gasteiger partial charge on any atom is -0.374 e. The number of carbonyl (C=O) groups is 1. The lowest BCUT2D eigenvalue weighted by atomic mass is 9.90. The van der Waals surface area contributed by atoms with Crippen molar-refractivity contribution in [2.24, 2.45) is 7.05 Å². The third-order valence-electron chi connectivity index (χ3n) is 4.67. The Balaban J connectivity index is 1.55. The van der Waals surface area contributed by atoms with Crippen LogP contribution in [0.1, 0.15) is 36.2 Å². The third-order valence-corrected chi connectivity index (χ3v) is 5.56. The summed E-state index contributed by atoms with van der Waals surface area (Å²) in [4.78, 5) is 19.4. The molecule has 0 unspecified atom stereocenters. The maximum absolute atomic E-state index is 12.9. The van der Waals surface area contributed by atoms with Crippen molar-refractivity contribution in [1.82, 2.24) is 19.7 Å². The van der Waals surface area contributed by atoms with E-state index in [1.54, 1.807) is 10.9 Å². The largest absolute Gasteiger partial charge is 0.374 e. The summed E-state index contributed by atoms with van der Waals surface area (Å²) >= 11 is 1.49. The van der Waals surface area contributed by atoms with Gasteiger partial charge in [0.25, 0.3) is 5.91 Å². The summed E-state index contributed by atoms with van der Waals surface area (Å²) in [5.74, 6) is 0.0385. The second-order valence-corrected chi connectivity index (χ2v) is 7.06. The fourth-order valence-electron chi connectivity index (χ4n) is 3.53. The number of amides is 1. The first-order valence-electron chi connectivity index (χ1n) is 8.09. The third kappa shape index (κ3) is 2.79. The highest BCUT2D eigenvalue weighted by Crippen LogP contribution is 2.30. The molecule has 2 aromatic rings. The van der Waals surface area contributed by atoms with Gasteiger partial charge in [-0.15, -0.1) is 11.3 Å². The molecule has 7 heteroatoms. The Morgan fingerprint density at radius 2 is 2.26 bits per heavy atom. The van der Waals surface area contributed by atoms with Crippen molar-refractivity contribution in [2.45, 2.75) is 37.8 Å². The molecule has 1 aliphatic carbocycles. The van der Waals surface area contributed by atoms with E-state index >= 15 is 0 Å². The average molecular weight is 332 g/mol. The van der Waals surface area contributed by atoms with Crippen LogP contribution in [0.4, 0.5) is 0 Å². The molecule has 0 aromatic carbocycles. The summed E-state index contributed by atoms with van der Waals surface area (Å²) in [7, 11) is 1.88. The van der Waals surface area contributed by atoms with E-state index in [4.69, 9.17) is 4.74 Å². The van der Waals surface area contributed by atoms with Crippen LogP contribution in [0.3, 0.4) is 0 Å². The van der Waals surface area contributed by atoms with Gasteiger partial charge in [0.15, 0.2) is 0 Å². The molecule has 4 rings (SSSR count). The molecule has 0 N–H and O–H groups in total. The van der Waals surface area contributed by atoms with E-state index in [1.807, 2.05) is 23.5 Å². The Morgan fingerprint density at radius 3 is 3.09 bits per heavy atom. The van der Waals surface area contributed by atoms with Crippen LogP contribution in [0.25, 0.3) is 10.6 Å². The minimum atomic E-state index is 0.0385. The Hall–Kier alpha value is -1.73. The molecule has 122 valence electrons. The fraction of sp³-hybridized carbons (Fsp3) is 0.562. The Bertz CT molecular complexity index is 709. The van der Waals surface area contributed by atoms with E-state index in [9.17, 15) is 4.79 Å². The Labute approximate surface area is 139 Å². The second-order valence-electron chi connectivity index (χ2n) is 6.20. The quantitative estimate of drug-likeness (QED) is 0.847. The molecule has 2 aliphatic rings. The van der Waals surface area contributed by atoms with Gasteiger partial charge in [0.1, 0.15) is 10.7 Å². The number of nitrogens with zero attached hydrogens (tertiary/aromatic N) is 4. The van der Waals surface area contributed by atoms with Gasteiger partial charge in [0.2, 0.25) is 0 Å². The van der Waals surface area contributed by atoms with Crippen LogP contribution in [-0.2, 0) is 11.8 Å². The molecule has 1 saturated heterocycles. The average Bonchev–Trinajstić information content (AvgIpc) is 3.22. The molecule has 1 saturated carbocycles. The molecule has 0 radical (unpaired) electrons. The lowest BCUT2D eigenvalue weighted by molar-refractivity contribution is -0.0754. The predicted octanol–water partition coefficient (Wildman–Crippen LogP) is 2.33. The summed E-state index contributed by atoms with van der Waals surface area (Å²) < 4.78 is 7.60. The SMILES string of the molecule is Cn1cc(-c2nc(C(=O)N3CCO[C@@H]4CCCC[C@@H]43)cs2)cn1. The monoisotopic (exact) mass is 332 g/mol. The van der Waals surface area contributed by atoms with E-state index in [0.29, 0.717) is 18.8 Å². The number of morpholine rings is 1. The maximum Gasteiger partial charge on any atom is 0.273 e. The molecule has 0 bridgehead atoms. The zero-order valence-electron chi connectivity index (χ0n) is 13.1. The van der Waals surface area contributed by atoms with Gasteiger partial charge in [-0.1, -0.05) is 12.8 Å². The lowest BCUT2D eigenvalue weighted by Gasteiger charge is -2.43. The molecule has 23 heavy (non-hydrogen) atoms. The molecule has 2 atom stereocenters. The first-order valence-corrected chi connectivity index (χ1v) is 8.97. The van der Waals surface area contributed by atoms with Gasteiger partial charge < -0.3 is 9.64 Å². The number of ether oxygens (including phenoxy) is 1. The van der Waals surface area contributed by atoms with Gasteiger partial charge in [-0.2, -0.15) is 5.10 Å². The summed E-state index contributed by atoms with van der Waals surface area (Å²) in [5.41, 5.74) is 1.49. The smallest absolute Gasteiger partial charge is 0.273 e. The topological polar surface area (TPSA) is 60.2 Å². The summed E-state index contributed by atoms with van der Waals surface area (Å²) in [5, 5.41) is 6.86. The molecular formula is C16H20N4O2S. The number of fused-ring (bicyclic) bond motifs is 1. The standard InChI is InChI=1S/C16H20N4O2S/c1-19-9-11(8-17-19)15-18-12(10-23-15)16(21)20-6-7-22-14-5-3-2-4-13(14)20/h8-10,13-14H,2-7H2,1H3/t13-,14+/m0/s1. The van der Waals surface area contributed by atoms with Gasteiger partial charge >= 0.3 is 0 Å². The maximum atomic E-state index is 12.9. The van der Waals surface area contributed by atoms with Crippen LogP contribution in [0.2, 0.25) is 0 Å². The Morgan fingerprint density at radius 1 is 1.39 bits per heavy atom. The van der Waals surface area contributed by atoms with Crippen molar-refractivity contribution in [3.63, 3.8) is 0 Å². The summed E-state index contributed by atoms with van der Waals surface area (Å²) in [6, 6.07) is 0.216. The van der Waals surface area contributed by atoms with Crippen LogP contribution < -0.4 is 0 Å². The van der Waals surface area contributed by atoms with Crippen LogP contribution in [-0.4, -0.2) is 50.9 Å². The van der Waals surface area contributed by atoms with Crippen molar-refractivity contribution in [3.8, 4) is 10.6 Å². The lowest BCUT2D eigenvalue weighted by Crippen LogP contribution is -2.54. The van der Waals surface area contributed by atoms with Crippen molar-refractivity contribution in [1.29, 1.82) is 0 Å². The van der Waals surface area contributed by atoms with Crippen LogP contribution in [0.15, 0.2) is 17.8 Å². The van der Waals surface area contributed by atoms with E-state index in [1.165, 1.54) is 24.2 Å². The minimum absolute atomic E-state index is 0.0385. The molecule has 0 spiro atoms. The van der Waals surface area contributed by atoms with Gasteiger partial charge in [-0.05, 0) is 12.8 Å². The van der Waals surface area contributed by atoms with Gasteiger partial charge in [0, 0.05) is 30.7 Å². The number of aromatic nitrogens is 3. The zero-order valence-corrected chi connectivity index (χ0v) is 14.0. The van der Waals surface area contributed by atoms with Crippen LogP contribution >= 0.6 is 11.3 Å². The number of hydrogen-bond donors (Lipinski definition) is 0. The van der Waals surface area contributed by atoms with Crippen LogP contribution in [0, 0.1) is 0 Å². The first kappa shape index (κ1) is 14.8. The highest BCUT2D eigenvalue weighted by atomic mass is 32.1. The van der Waals surface area contributed by atoms with E-state index in [0.717, 1.165) is 23.4 Å². The van der Waals surface area contributed by atoms with Crippen LogP contribution in [0.5, 0.6) is 0 Å². The number of aryl methyl sites for hydroxylation is 1. The van der Waals surface area contributed by atoms with Crippen molar-refractivity contribution < 1.29 is 9.53 Å². The molecular weight excluding hydrogens is 312 g/mol. The molecule has 2 fully saturated rings. The first-order chi connectivity index (χ1) is 11.2. The predicted molar refractivity (Wildman–Crippen MR) is 87.3 cm³/mol. The molecule has 1 aliphatic heterocycles. The highest BCUT2D eigenvalue weighted by molar-refractivity contribution is 7.13. The Kier molecular flexibility index (Phi) is 3.90. The van der Waals surface area contributed by atoms with E-state index in [2.05, 4.69) is 10.1 Å². The number of rotatable bonds is 2. The number of thiazole rings is 1. The van der Waals surface area contributed by atoms with Crippen molar-refractivity contribution in [3.05, 3.63) is 23.5 Å². The normalized spacial score (nSPS) is 24.5. The number of carbonyl (C=O) groups excluding carboxylic acids is 1.